The molecule has 3 rings (SSSR count). The first-order valence-electron chi connectivity index (χ1n) is 6.38. The molecular formula is C15H8BrClF2N2O2. The fourth-order valence-electron chi connectivity index (χ4n) is 1.85. The first kappa shape index (κ1) is 15.9. The third-order valence-electron chi connectivity index (χ3n) is 2.92. The van der Waals surface area contributed by atoms with Crippen LogP contribution < -0.4 is 4.74 Å². The molecule has 0 aliphatic heterocycles. The van der Waals surface area contributed by atoms with Crippen LogP contribution in [-0.4, -0.2) is 10.1 Å². The molecule has 0 aliphatic carbocycles. The number of nitrogens with zero attached hydrogens (tertiary/aromatic N) is 2. The van der Waals surface area contributed by atoms with Crippen molar-refractivity contribution >= 4 is 27.5 Å². The summed E-state index contributed by atoms with van der Waals surface area (Å²) in [5.41, 5.74) is -0.0576. The van der Waals surface area contributed by atoms with E-state index in [0.29, 0.717) is 11.6 Å². The second-order valence-electron chi connectivity index (χ2n) is 4.50. The van der Waals surface area contributed by atoms with E-state index >= 15 is 0 Å². The highest BCUT2D eigenvalue weighted by Crippen LogP contribution is 2.32. The van der Waals surface area contributed by atoms with Gasteiger partial charge in [-0.1, -0.05) is 16.8 Å². The predicted molar refractivity (Wildman–Crippen MR) is 83.1 cm³/mol. The summed E-state index contributed by atoms with van der Waals surface area (Å²) in [6.45, 7) is 0.0379. The number of ether oxygens (including phenoxy) is 1. The first-order valence-corrected chi connectivity index (χ1v) is 7.55. The van der Waals surface area contributed by atoms with Crippen LogP contribution in [0.2, 0.25) is 5.02 Å². The van der Waals surface area contributed by atoms with Crippen LogP contribution in [0.3, 0.4) is 0 Å². The van der Waals surface area contributed by atoms with E-state index in [9.17, 15) is 8.78 Å². The standard InChI is InChI=1S/C15H8BrClF2N2O2/c16-8-1-4-13(20-6-8)22-7-9-5-12(21-23-9)14-10(18)2-3-11(19)15(14)17/h1-6H,7H2. The average molecular weight is 402 g/mol. The van der Waals surface area contributed by atoms with Crippen molar-refractivity contribution in [2.24, 2.45) is 0 Å². The summed E-state index contributed by atoms with van der Waals surface area (Å²) < 4.78 is 38.6. The van der Waals surface area contributed by atoms with Gasteiger partial charge < -0.3 is 9.26 Å². The Hall–Kier alpha value is -1.99. The van der Waals surface area contributed by atoms with Crippen molar-refractivity contribution in [1.82, 2.24) is 10.1 Å². The van der Waals surface area contributed by atoms with Gasteiger partial charge in [0.1, 0.15) is 17.3 Å². The molecule has 0 atom stereocenters. The Morgan fingerprint density at radius 3 is 2.70 bits per heavy atom. The van der Waals surface area contributed by atoms with E-state index < -0.39 is 11.6 Å². The Balaban J connectivity index is 1.78. The Morgan fingerprint density at radius 1 is 1.17 bits per heavy atom. The molecule has 0 unspecified atom stereocenters. The molecule has 0 saturated carbocycles. The zero-order valence-electron chi connectivity index (χ0n) is 11.4. The molecule has 0 aliphatic rings. The Labute approximate surface area is 143 Å². The Kier molecular flexibility index (Phi) is 4.58. The Morgan fingerprint density at radius 2 is 1.96 bits per heavy atom. The molecule has 0 N–H and O–H groups in total. The van der Waals surface area contributed by atoms with Crippen molar-refractivity contribution in [2.45, 2.75) is 6.61 Å². The van der Waals surface area contributed by atoms with Gasteiger partial charge in [-0.3, -0.25) is 0 Å². The summed E-state index contributed by atoms with van der Waals surface area (Å²) in [6.07, 6.45) is 1.59. The Bertz CT molecular complexity index is 840. The highest BCUT2D eigenvalue weighted by molar-refractivity contribution is 9.10. The van der Waals surface area contributed by atoms with Crippen LogP contribution in [0.1, 0.15) is 5.76 Å². The summed E-state index contributed by atoms with van der Waals surface area (Å²) in [5.74, 6) is -0.708. The van der Waals surface area contributed by atoms with E-state index in [0.717, 1.165) is 16.6 Å². The lowest BCUT2D eigenvalue weighted by molar-refractivity contribution is 0.242. The molecular weight excluding hydrogens is 394 g/mol. The average Bonchev–Trinajstić information content (AvgIpc) is 2.99. The number of hydrogen-bond acceptors (Lipinski definition) is 4. The minimum Gasteiger partial charge on any atom is -0.469 e. The van der Waals surface area contributed by atoms with Gasteiger partial charge >= 0.3 is 0 Å². The number of aromatic nitrogens is 2. The lowest BCUT2D eigenvalue weighted by Crippen LogP contribution is -1.95. The second-order valence-corrected chi connectivity index (χ2v) is 5.79. The summed E-state index contributed by atoms with van der Waals surface area (Å²) in [5, 5.41) is 3.35. The van der Waals surface area contributed by atoms with Crippen molar-refractivity contribution < 1.29 is 18.0 Å². The summed E-state index contributed by atoms with van der Waals surface area (Å²) in [6, 6.07) is 6.81. The van der Waals surface area contributed by atoms with E-state index in [2.05, 4.69) is 26.1 Å². The molecule has 2 heterocycles. The van der Waals surface area contributed by atoms with E-state index in [1.165, 1.54) is 6.07 Å². The van der Waals surface area contributed by atoms with Crippen LogP contribution in [0.4, 0.5) is 8.78 Å². The topological polar surface area (TPSA) is 48.2 Å². The van der Waals surface area contributed by atoms with Gasteiger partial charge in [0.25, 0.3) is 0 Å². The fourth-order valence-corrected chi connectivity index (χ4v) is 2.34. The van der Waals surface area contributed by atoms with Crippen molar-refractivity contribution in [2.75, 3.05) is 0 Å². The lowest BCUT2D eigenvalue weighted by Gasteiger charge is -2.02. The smallest absolute Gasteiger partial charge is 0.213 e. The molecule has 0 radical (unpaired) electrons. The predicted octanol–water partition coefficient (Wildman–Crippen LogP) is 5.01. The van der Waals surface area contributed by atoms with Gasteiger partial charge in [0, 0.05) is 22.8 Å². The van der Waals surface area contributed by atoms with Crippen molar-refractivity contribution in [1.29, 1.82) is 0 Å². The lowest BCUT2D eigenvalue weighted by atomic mass is 10.1. The van der Waals surface area contributed by atoms with Crippen LogP contribution >= 0.6 is 27.5 Å². The molecule has 0 saturated heterocycles. The van der Waals surface area contributed by atoms with Gasteiger partial charge in [-0.25, -0.2) is 13.8 Å². The molecule has 1 aromatic carbocycles. The highest BCUT2D eigenvalue weighted by atomic mass is 79.9. The van der Waals surface area contributed by atoms with Crippen LogP contribution in [0.15, 0.2) is 45.5 Å². The van der Waals surface area contributed by atoms with Crippen LogP contribution in [-0.2, 0) is 6.61 Å². The number of halogens is 4. The van der Waals surface area contributed by atoms with Gasteiger partial charge in [0.05, 0.1) is 10.6 Å². The van der Waals surface area contributed by atoms with E-state index in [1.54, 1.807) is 18.3 Å². The molecule has 8 heteroatoms. The zero-order chi connectivity index (χ0) is 16.4. The monoisotopic (exact) mass is 400 g/mol. The molecule has 2 aromatic heterocycles. The van der Waals surface area contributed by atoms with Crippen molar-refractivity contribution in [3.8, 4) is 17.1 Å². The van der Waals surface area contributed by atoms with E-state index in [1.807, 2.05) is 0 Å². The largest absolute Gasteiger partial charge is 0.469 e. The van der Waals surface area contributed by atoms with Gasteiger partial charge in [0.15, 0.2) is 12.4 Å². The number of benzene rings is 1. The fraction of sp³-hybridized carbons (Fsp3) is 0.0667. The van der Waals surface area contributed by atoms with E-state index in [4.69, 9.17) is 20.9 Å². The minimum absolute atomic E-state index is 0.0379. The quantitative estimate of drug-likeness (QED) is 0.577. The molecule has 23 heavy (non-hydrogen) atoms. The van der Waals surface area contributed by atoms with Crippen molar-refractivity contribution in [3.63, 3.8) is 0 Å². The zero-order valence-corrected chi connectivity index (χ0v) is 13.7. The van der Waals surface area contributed by atoms with Crippen LogP contribution in [0, 0.1) is 11.6 Å². The highest BCUT2D eigenvalue weighted by Gasteiger charge is 2.18. The number of hydrogen-bond donors (Lipinski definition) is 0. The van der Waals surface area contributed by atoms with Gasteiger partial charge in [0.2, 0.25) is 5.88 Å². The van der Waals surface area contributed by atoms with E-state index in [-0.39, 0.29) is 22.9 Å². The summed E-state index contributed by atoms with van der Waals surface area (Å²) >= 11 is 9.05. The van der Waals surface area contributed by atoms with Gasteiger partial charge in [-0.05, 0) is 34.1 Å². The third kappa shape index (κ3) is 3.51. The first-order chi connectivity index (χ1) is 11.0. The minimum atomic E-state index is -0.733. The maximum absolute atomic E-state index is 13.8. The summed E-state index contributed by atoms with van der Waals surface area (Å²) in [7, 11) is 0. The maximum Gasteiger partial charge on any atom is 0.213 e. The van der Waals surface area contributed by atoms with Crippen LogP contribution in [0.25, 0.3) is 11.3 Å². The molecule has 0 fully saturated rings. The molecule has 0 amide bonds. The number of rotatable bonds is 4. The van der Waals surface area contributed by atoms with Gasteiger partial charge in [-0.15, -0.1) is 0 Å². The van der Waals surface area contributed by atoms with Gasteiger partial charge in [-0.2, -0.15) is 0 Å². The van der Waals surface area contributed by atoms with Crippen LogP contribution in [0.5, 0.6) is 5.88 Å². The summed E-state index contributed by atoms with van der Waals surface area (Å²) in [4.78, 5) is 4.04. The SMILES string of the molecule is Fc1ccc(F)c(-c2cc(COc3ccc(Br)cn3)on2)c1Cl. The number of pyridine rings is 1. The molecule has 4 nitrogen and oxygen atoms in total. The second kappa shape index (κ2) is 6.64. The maximum atomic E-state index is 13.8. The molecule has 118 valence electrons. The normalized spacial score (nSPS) is 10.8. The molecule has 3 aromatic rings. The molecule has 0 spiro atoms. The third-order valence-corrected chi connectivity index (χ3v) is 3.76. The van der Waals surface area contributed by atoms with Crippen molar-refractivity contribution in [3.05, 3.63) is 63.4 Å². The molecule has 0 bridgehead atoms.